The van der Waals surface area contributed by atoms with Gasteiger partial charge in [-0.2, -0.15) is 0 Å². The van der Waals surface area contributed by atoms with Gasteiger partial charge in [0, 0.05) is 54.9 Å². The fraction of sp³-hybridized carbons (Fsp3) is 0. The molecule has 0 radical (unpaired) electrons. The lowest BCUT2D eigenvalue weighted by Crippen LogP contribution is -2.02. The maximum atomic E-state index is 6.88. The van der Waals surface area contributed by atoms with Crippen molar-refractivity contribution in [3.63, 3.8) is 0 Å². The van der Waals surface area contributed by atoms with Crippen LogP contribution in [-0.4, -0.2) is 14.5 Å². The summed E-state index contributed by atoms with van der Waals surface area (Å²) in [5, 5.41) is 8.71. The topological polar surface area (TPSA) is 57.0 Å². The van der Waals surface area contributed by atoms with Crippen LogP contribution in [-0.2, 0) is 0 Å². The van der Waals surface area contributed by atoms with E-state index < -0.39 is 0 Å². The summed E-state index contributed by atoms with van der Waals surface area (Å²) in [5.41, 5.74) is 8.34. The Morgan fingerprint density at radius 3 is 1.84 bits per heavy atom. The van der Waals surface area contributed by atoms with E-state index >= 15 is 0 Å². The molecule has 7 aromatic carbocycles. The van der Waals surface area contributed by atoms with Crippen LogP contribution in [0.4, 0.5) is 0 Å². The molecule has 11 rings (SSSR count). The van der Waals surface area contributed by atoms with E-state index in [1.54, 1.807) is 0 Å². The summed E-state index contributed by atoms with van der Waals surface area (Å²) >= 11 is 0. The maximum absolute atomic E-state index is 6.88. The van der Waals surface area contributed by atoms with E-state index in [-0.39, 0.29) is 0 Å². The largest absolute Gasteiger partial charge is 0.456 e. The summed E-state index contributed by atoms with van der Waals surface area (Å²) in [7, 11) is 0. The molecule has 0 saturated carbocycles. The first-order valence-corrected chi connectivity index (χ1v) is 16.4. The Kier molecular flexibility index (Phi) is 5.32. The van der Waals surface area contributed by atoms with Crippen molar-refractivity contribution in [2.45, 2.75) is 0 Å². The van der Waals surface area contributed by atoms with Gasteiger partial charge in [0.05, 0.1) is 22.1 Å². The third-order valence-electron chi connectivity index (χ3n) is 9.79. The molecule has 4 aromatic heterocycles. The number of furan rings is 2. The van der Waals surface area contributed by atoms with Crippen LogP contribution in [0.5, 0.6) is 0 Å². The minimum atomic E-state index is 0.667. The first-order chi connectivity index (χ1) is 24.3. The number of aromatic nitrogens is 3. The third-order valence-corrected chi connectivity index (χ3v) is 9.79. The van der Waals surface area contributed by atoms with Gasteiger partial charge < -0.3 is 8.83 Å². The van der Waals surface area contributed by atoms with Crippen LogP contribution in [0, 0.1) is 0 Å². The zero-order chi connectivity index (χ0) is 32.1. The molecule has 0 amide bonds. The Balaban J connectivity index is 1.39. The molecule has 228 valence electrons. The number of nitrogens with zero attached hydrogens (tertiary/aromatic N) is 3. The van der Waals surface area contributed by atoms with E-state index in [1.165, 1.54) is 0 Å². The molecule has 0 aliphatic heterocycles. The molecular formula is C44H25N3O2. The fourth-order valence-corrected chi connectivity index (χ4v) is 7.73. The lowest BCUT2D eigenvalue weighted by Gasteiger charge is -2.13. The van der Waals surface area contributed by atoms with Crippen molar-refractivity contribution >= 4 is 76.5 Å². The minimum Gasteiger partial charge on any atom is -0.456 e. The van der Waals surface area contributed by atoms with Crippen molar-refractivity contribution in [3.05, 3.63) is 152 Å². The average Bonchev–Trinajstić information content (AvgIpc) is 3.85. The second-order valence-electron chi connectivity index (χ2n) is 12.5. The first-order valence-electron chi connectivity index (χ1n) is 16.4. The van der Waals surface area contributed by atoms with Crippen molar-refractivity contribution in [2.24, 2.45) is 0 Å². The summed E-state index contributed by atoms with van der Waals surface area (Å²) in [6.45, 7) is 0. The predicted molar refractivity (Wildman–Crippen MR) is 199 cm³/mol. The normalized spacial score (nSPS) is 12.1. The lowest BCUT2D eigenvalue weighted by molar-refractivity contribution is 0.669. The van der Waals surface area contributed by atoms with E-state index in [1.807, 2.05) is 54.6 Å². The number of fused-ring (bicyclic) bond motifs is 14. The van der Waals surface area contributed by atoms with Crippen LogP contribution >= 0.6 is 0 Å². The predicted octanol–water partition coefficient (Wildman–Crippen LogP) is 11.9. The van der Waals surface area contributed by atoms with Gasteiger partial charge in [-0.25, -0.2) is 9.97 Å². The second kappa shape index (κ2) is 9.89. The van der Waals surface area contributed by atoms with Crippen molar-refractivity contribution in [1.29, 1.82) is 0 Å². The van der Waals surface area contributed by atoms with Gasteiger partial charge in [-0.05, 0) is 30.3 Å². The van der Waals surface area contributed by atoms with Crippen molar-refractivity contribution in [3.8, 4) is 28.5 Å². The highest BCUT2D eigenvalue weighted by Crippen LogP contribution is 2.49. The third kappa shape index (κ3) is 3.70. The van der Waals surface area contributed by atoms with Crippen molar-refractivity contribution < 1.29 is 8.83 Å². The Morgan fingerprint density at radius 1 is 0.429 bits per heavy atom. The van der Waals surface area contributed by atoms with Crippen molar-refractivity contribution in [2.75, 3.05) is 0 Å². The Hall–Kier alpha value is -6.72. The van der Waals surface area contributed by atoms with Crippen LogP contribution in [0.2, 0.25) is 0 Å². The molecule has 0 aliphatic carbocycles. The SMILES string of the molecule is c1ccc(-c2cc(-n3c4ccccc4c4c5oc6ccccc6c5c5c(ccc6oc7ccccc7c65)c43)nc(-c3ccccc3)n2)cc1. The minimum absolute atomic E-state index is 0.667. The summed E-state index contributed by atoms with van der Waals surface area (Å²) in [4.78, 5) is 10.4. The van der Waals surface area contributed by atoms with Gasteiger partial charge in [0.25, 0.3) is 0 Å². The highest BCUT2D eigenvalue weighted by molar-refractivity contribution is 6.40. The highest BCUT2D eigenvalue weighted by Gasteiger charge is 2.26. The molecule has 0 saturated heterocycles. The number of benzene rings is 7. The number of para-hydroxylation sites is 3. The smallest absolute Gasteiger partial charge is 0.162 e. The van der Waals surface area contributed by atoms with Gasteiger partial charge in [-0.3, -0.25) is 4.57 Å². The quantitative estimate of drug-likeness (QED) is 0.196. The molecule has 5 heteroatoms. The Morgan fingerprint density at radius 2 is 1.06 bits per heavy atom. The lowest BCUT2D eigenvalue weighted by atomic mass is 9.95. The zero-order valence-corrected chi connectivity index (χ0v) is 26.1. The van der Waals surface area contributed by atoms with E-state index in [0.29, 0.717) is 5.82 Å². The Bertz CT molecular complexity index is 3040. The first kappa shape index (κ1) is 26.4. The van der Waals surface area contributed by atoms with Crippen LogP contribution in [0.3, 0.4) is 0 Å². The van der Waals surface area contributed by atoms with Gasteiger partial charge in [0.1, 0.15) is 28.1 Å². The van der Waals surface area contributed by atoms with E-state index in [4.69, 9.17) is 18.8 Å². The molecule has 0 aliphatic rings. The summed E-state index contributed by atoms with van der Waals surface area (Å²) in [6.07, 6.45) is 0. The summed E-state index contributed by atoms with van der Waals surface area (Å²) in [5.74, 6) is 1.45. The number of hydrogen-bond acceptors (Lipinski definition) is 4. The van der Waals surface area contributed by atoms with Crippen LogP contribution in [0.1, 0.15) is 0 Å². The fourth-order valence-electron chi connectivity index (χ4n) is 7.73. The maximum Gasteiger partial charge on any atom is 0.162 e. The van der Waals surface area contributed by atoms with Gasteiger partial charge >= 0.3 is 0 Å². The molecular weight excluding hydrogens is 603 g/mol. The zero-order valence-electron chi connectivity index (χ0n) is 26.1. The van der Waals surface area contributed by atoms with E-state index in [2.05, 4.69) is 102 Å². The molecule has 5 nitrogen and oxygen atoms in total. The van der Waals surface area contributed by atoms with Crippen LogP contribution in [0.15, 0.2) is 160 Å². The Labute approximate surface area is 279 Å². The van der Waals surface area contributed by atoms with E-state index in [0.717, 1.165) is 99.1 Å². The molecule has 0 unspecified atom stereocenters. The molecule has 0 spiro atoms. The van der Waals surface area contributed by atoms with Gasteiger partial charge in [-0.1, -0.05) is 115 Å². The summed E-state index contributed by atoms with van der Waals surface area (Å²) < 4.78 is 15.6. The standard InChI is InChI=1S/C44H25N3O2/c1-3-13-26(14-4-1)32-25-37(46-44(45-32)27-15-5-2-6-16-27)47-33-20-10-7-17-28(33)41-42(47)31-23-24-36-38(29-18-8-11-21-34(29)48-36)39(31)40-30-19-9-12-22-35(30)49-43(40)41/h1-25H. The average molecular weight is 628 g/mol. The van der Waals surface area contributed by atoms with E-state index in [9.17, 15) is 0 Å². The molecule has 0 fully saturated rings. The van der Waals surface area contributed by atoms with Gasteiger partial charge in [-0.15, -0.1) is 0 Å². The molecule has 49 heavy (non-hydrogen) atoms. The second-order valence-corrected chi connectivity index (χ2v) is 12.5. The van der Waals surface area contributed by atoms with Gasteiger partial charge in [0.2, 0.25) is 0 Å². The molecule has 0 atom stereocenters. The highest BCUT2D eigenvalue weighted by atomic mass is 16.3. The monoisotopic (exact) mass is 627 g/mol. The van der Waals surface area contributed by atoms with Gasteiger partial charge in [0.15, 0.2) is 5.82 Å². The summed E-state index contributed by atoms with van der Waals surface area (Å²) in [6, 6.07) is 52.1. The molecule has 0 bridgehead atoms. The molecule has 11 aromatic rings. The molecule has 0 N–H and O–H groups in total. The molecule has 4 heterocycles. The van der Waals surface area contributed by atoms with Crippen LogP contribution < -0.4 is 0 Å². The number of rotatable bonds is 3. The van der Waals surface area contributed by atoms with Crippen molar-refractivity contribution in [1.82, 2.24) is 14.5 Å². The van der Waals surface area contributed by atoms with Crippen LogP contribution in [0.25, 0.3) is 105 Å². The number of hydrogen-bond donors (Lipinski definition) is 0.